The summed E-state index contributed by atoms with van der Waals surface area (Å²) in [5.41, 5.74) is 0.136. The zero-order valence-corrected chi connectivity index (χ0v) is 15.2. The van der Waals surface area contributed by atoms with E-state index in [0.717, 1.165) is 16.3 Å². The summed E-state index contributed by atoms with van der Waals surface area (Å²) in [7, 11) is 0. The van der Waals surface area contributed by atoms with E-state index >= 15 is 0 Å². The van der Waals surface area contributed by atoms with Crippen molar-refractivity contribution in [3.8, 4) is 0 Å². The molecule has 0 heterocycles. The molecule has 0 bridgehead atoms. The Labute approximate surface area is 152 Å². The number of carboxylic acid groups (broad SMARTS) is 1. The summed E-state index contributed by atoms with van der Waals surface area (Å²) in [5, 5.41) is 16.4. The second kappa shape index (κ2) is 7.99. The van der Waals surface area contributed by atoms with Crippen molar-refractivity contribution in [3.05, 3.63) is 48.0 Å². The van der Waals surface area contributed by atoms with Crippen molar-refractivity contribution in [3.63, 3.8) is 0 Å². The van der Waals surface area contributed by atoms with Crippen LogP contribution in [-0.4, -0.2) is 29.4 Å². The molecule has 0 fully saturated rings. The predicted octanol–water partition coefficient (Wildman–Crippen LogP) is 2.63. The Bertz CT molecular complexity index is 819. The number of hydrogen-bond donors (Lipinski definition) is 3. The van der Waals surface area contributed by atoms with E-state index in [4.69, 9.17) is 0 Å². The van der Waals surface area contributed by atoms with Gasteiger partial charge >= 0.3 is 5.97 Å². The van der Waals surface area contributed by atoms with Crippen molar-refractivity contribution in [2.75, 3.05) is 6.54 Å². The average molecular weight is 356 g/mol. The van der Waals surface area contributed by atoms with Gasteiger partial charge in [0.05, 0.1) is 19.0 Å². The number of nitrogens with one attached hydrogen (secondary N) is 2. The first-order valence-electron chi connectivity index (χ1n) is 8.45. The largest absolute Gasteiger partial charge is 0.481 e. The molecule has 2 aromatic rings. The predicted molar refractivity (Wildman–Crippen MR) is 99.5 cm³/mol. The molecule has 0 aromatic heterocycles. The van der Waals surface area contributed by atoms with Crippen LogP contribution in [0.3, 0.4) is 0 Å². The minimum atomic E-state index is -1.01. The topological polar surface area (TPSA) is 95.5 Å². The van der Waals surface area contributed by atoms with Crippen molar-refractivity contribution in [1.29, 1.82) is 0 Å². The van der Waals surface area contributed by atoms with Gasteiger partial charge in [0.1, 0.15) is 0 Å². The number of rotatable bonds is 6. The van der Waals surface area contributed by atoms with Gasteiger partial charge in [0, 0.05) is 5.41 Å². The molecule has 0 aliphatic rings. The number of benzene rings is 2. The van der Waals surface area contributed by atoms with Gasteiger partial charge in [-0.1, -0.05) is 63.2 Å². The summed E-state index contributed by atoms with van der Waals surface area (Å²) in [5.74, 6) is -1.68. The molecule has 6 heteroatoms. The highest BCUT2D eigenvalue weighted by molar-refractivity contribution is 5.89. The van der Waals surface area contributed by atoms with Gasteiger partial charge in [0.25, 0.3) is 0 Å². The molecule has 6 nitrogen and oxygen atoms in total. The van der Waals surface area contributed by atoms with Crippen LogP contribution in [0.4, 0.5) is 0 Å². The summed E-state index contributed by atoms with van der Waals surface area (Å²) < 4.78 is 0. The lowest BCUT2D eigenvalue weighted by atomic mass is 9.95. The highest BCUT2D eigenvalue weighted by atomic mass is 16.4. The van der Waals surface area contributed by atoms with Crippen molar-refractivity contribution >= 4 is 28.6 Å². The quantitative estimate of drug-likeness (QED) is 0.741. The van der Waals surface area contributed by atoms with Crippen molar-refractivity contribution in [2.24, 2.45) is 5.41 Å². The number of carboxylic acids is 1. The fraction of sp³-hybridized carbons (Fsp3) is 0.350. The van der Waals surface area contributed by atoms with E-state index < -0.39 is 23.3 Å². The van der Waals surface area contributed by atoms with Crippen molar-refractivity contribution in [2.45, 2.75) is 33.2 Å². The summed E-state index contributed by atoms with van der Waals surface area (Å²) in [6, 6.07) is 12.5. The first-order valence-corrected chi connectivity index (χ1v) is 8.45. The molecule has 2 aromatic carbocycles. The van der Waals surface area contributed by atoms with Crippen LogP contribution in [0.1, 0.15) is 38.8 Å². The minimum absolute atomic E-state index is 0.197. The molecule has 0 spiro atoms. The Hall–Kier alpha value is -2.89. The van der Waals surface area contributed by atoms with E-state index in [-0.39, 0.29) is 18.9 Å². The number of fused-ring (bicyclic) bond motifs is 1. The third kappa shape index (κ3) is 5.05. The second-order valence-electron chi connectivity index (χ2n) is 7.22. The monoisotopic (exact) mass is 356 g/mol. The molecule has 26 heavy (non-hydrogen) atoms. The van der Waals surface area contributed by atoms with Crippen LogP contribution in [-0.2, 0) is 14.4 Å². The van der Waals surface area contributed by atoms with Gasteiger partial charge in [-0.3, -0.25) is 14.4 Å². The minimum Gasteiger partial charge on any atom is -0.481 e. The molecular weight excluding hydrogens is 332 g/mol. The Morgan fingerprint density at radius 2 is 1.69 bits per heavy atom. The molecule has 0 saturated heterocycles. The number of aliphatic carboxylic acids is 1. The number of carbonyl (C=O) groups is 3. The SMILES string of the molecule is CC(C)(C)C(=O)NCC(=O)N[C@H](CC(=O)O)c1cccc2ccccc12. The van der Waals surface area contributed by atoms with Crippen molar-refractivity contribution in [1.82, 2.24) is 10.6 Å². The number of amides is 2. The Morgan fingerprint density at radius 1 is 1.04 bits per heavy atom. The van der Waals surface area contributed by atoms with E-state index in [0.29, 0.717) is 0 Å². The van der Waals surface area contributed by atoms with Crippen LogP contribution in [0.2, 0.25) is 0 Å². The molecular formula is C20H24N2O4. The van der Waals surface area contributed by atoms with E-state index in [2.05, 4.69) is 10.6 Å². The molecule has 2 rings (SSSR count). The van der Waals surface area contributed by atoms with Crippen LogP contribution >= 0.6 is 0 Å². The molecule has 2 amide bonds. The Morgan fingerprint density at radius 3 is 2.35 bits per heavy atom. The maximum absolute atomic E-state index is 12.3. The maximum atomic E-state index is 12.3. The molecule has 3 N–H and O–H groups in total. The fourth-order valence-electron chi connectivity index (χ4n) is 2.64. The highest BCUT2D eigenvalue weighted by Crippen LogP contribution is 2.26. The first-order chi connectivity index (χ1) is 12.2. The van der Waals surface area contributed by atoms with Crippen LogP contribution in [0.25, 0.3) is 10.8 Å². The Kier molecular flexibility index (Phi) is 5.97. The standard InChI is InChI=1S/C20H24N2O4/c1-20(2,3)19(26)21-12-17(23)22-16(11-18(24)25)15-10-6-8-13-7-4-5-9-14(13)15/h4-10,16H,11-12H2,1-3H3,(H,21,26)(H,22,23)(H,24,25)/t16-/m1/s1. The van der Waals surface area contributed by atoms with Gasteiger partial charge in [-0.25, -0.2) is 0 Å². The molecule has 0 unspecified atom stereocenters. The number of carbonyl (C=O) groups excluding carboxylic acids is 2. The molecule has 0 aliphatic heterocycles. The fourth-order valence-corrected chi connectivity index (χ4v) is 2.64. The summed E-state index contributed by atoms with van der Waals surface area (Å²) in [6.07, 6.45) is -0.243. The molecule has 0 radical (unpaired) electrons. The molecule has 0 aliphatic carbocycles. The Balaban J connectivity index is 2.18. The van der Waals surface area contributed by atoms with Crippen LogP contribution in [0.5, 0.6) is 0 Å². The van der Waals surface area contributed by atoms with Crippen molar-refractivity contribution < 1.29 is 19.5 Å². The molecule has 0 saturated carbocycles. The highest BCUT2D eigenvalue weighted by Gasteiger charge is 2.23. The van der Waals surface area contributed by atoms with Gasteiger partial charge in [-0.2, -0.15) is 0 Å². The third-order valence-corrected chi connectivity index (χ3v) is 4.00. The van der Waals surface area contributed by atoms with E-state index in [9.17, 15) is 19.5 Å². The summed E-state index contributed by atoms with van der Waals surface area (Å²) in [6.45, 7) is 5.06. The van der Waals surface area contributed by atoms with Crippen LogP contribution in [0, 0.1) is 5.41 Å². The maximum Gasteiger partial charge on any atom is 0.305 e. The van der Waals surface area contributed by atoms with E-state index in [1.807, 2.05) is 42.5 Å². The van der Waals surface area contributed by atoms with Gasteiger partial charge in [0.15, 0.2) is 0 Å². The average Bonchev–Trinajstić information content (AvgIpc) is 2.57. The van der Waals surface area contributed by atoms with Gasteiger partial charge in [-0.15, -0.1) is 0 Å². The third-order valence-electron chi connectivity index (χ3n) is 4.00. The summed E-state index contributed by atoms with van der Waals surface area (Å²) in [4.78, 5) is 35.4. The van der Waals surface area contributed by atoms with Crippen LogP contribution in [0.15, 0.2) is 42.5 Å². The molecule has 138 valence electrons. The first kappa shape index (κ1) is 19.4. The summed E-state index contributed by atoms with van der Waals surface area (Å²) >= 11 is 0. The zero-order valence-electron chi connectivity index (χ0n) is 15.2. The lowest BCUT2D eigenvalue weighted by Crippen LogP contribution is -2.42. The van der Waals surface area contributed by atoms with Gasteiger partial charge in [-0.05, 0) is 16.3 Å². The van der Waals surface area contributed by atoms with Crippen LogP contribution < -0.4 is 10.6 Å². The number of hydrogen-bond acceptors (Lipinski definition) is 3. The second-order valence-corrected chi connectivity index (χ2v) is 7.22. The van der Waals surface area contributed by atoms with Gasteiger partial charge in [0.2, 0.25) is 11.8 Å². The lowest BCUT2D eigenvalue weighted by Gasteiger charge is -2.21. The normalized spacial score (nSPS) is 12.4. The smallest absolute Gasteiger partial charge is 0.305 e. The lowest BCUT2D eigenvalue weighted by molar-refractivity contribution is -0.138. The molecule has 1 atom stereocenters. The van der Waals surface area contributed by atoms with E-state index in [1.165, 1.54) is 0 Å². The van der Waals surface area contributed by atoms with Gasteiger partial charge < -0.3 is 15.7 Å². The zero-order chi connectivity index (χ0) is 19.3. The van der Waals surface area contributed by atoms with E-state index in [1.54, 1.807) is 20.8 Å².